The Morgan fingerprint density at radius 1 is 1.21 bits per heavy atom. The van der Waals surface area contributed by atoms with E-state index in [1.54, 1.807) is 18.2 Å². The summed E-state index contributed by atoms with van der Waals surface area (Å²) in [6.45, 7) is 1.49. The Kier molecular flexibility index (Phi) is 6.47. The summed E-state index contributed by atoms with van der Waals surface area (Å²) in [6, 6.07) is 5.16. The van der Waals surface area contributed by atoms with Crippen molar-refractivity contribution < 1.29 is 14.3 Å². The molecule has 11 nitrogen and oxygen atoms in total. The van der Waals surface area contributed by atoms with Crippen LogP contribution >= 0.6 is 11.3 Å². The number of aromatic nitrogens is 4. The molecule has 3 heterocycles. The number of hydrogen-bond acceptors (Lipinski definition) is 10. The number of primary amides is 1. The third-order valence-corrected chi connectivity index (χ3v) is 6.63. The van der Waals surface area contributed by atoms with E-state index in [2.05, 4.69) is 25.8 Å². The van der Waals surface area contributed by atoms with Crippen LogP contribution in [0.3, 0.4) is 0 Å². The molecule has 1 aliphatic carbocycles. The van der Waals surface area contributed by atoms with E-state index >= 15 is 0 Å². The number of Topliss-reactive ketones (excluding diaryl/α,β-unsaturated/α-hetero) is 1. The van der Waals surface area contributed by atoms with E-state index < -0.39 is 5.91 Å². The van der Waals surface area contributed by atoms with E-state index in [9.17, 15) is 14.8 Å². The molecule has 0 radical (unpaired) electrons. The van der Waals surface area contributed by atoms with Crippen molar-refractivity contribution in [2.45, 2.75) is 44.7 Å². The lowest BCUT2D eigenvalue weighted by Gasteiger charge is -2.29. The van der Waals surface area contributed by atoms with Crippen molar-refractivity contribution in [3.63, 3.8) is 0 Å². The highest BCUT2D eigenvalue weighted by molar-refractivity contribution is 7.17. The summed E-state index contributed by atoms with van der Waals surface area (Å²) in [5.74, 6) is -0.585. The molecule has 0 saturated heterocycles. The topological polar surface area (TPSA) is 176 Å². The Labute approximate surface area is 193 Å². The van der Waals surface area contributed by atoms with Gasteiger partial charge in [0.05, 0.1) is 10.4 Å². The zero-order chi connectivity index (χ0) is 23.5. The molecule has 3 aromatic heterocycles. The van der Waals surface area contributed by atoms with Crippen LogP contribution < -0.4 is 26.8 Å². The van der Waals surface area contributed by atoms with Gasteiger partial charge >= 0.3 is 0 Å². The van der Waals surface area contributed by atoms with E-state index in [4.69, 9.17) is 11.5 Å². The third-order valence-electron chi connectivity index (χ3n) is 5.40. The molecule has 1 saturated carbocycles. The SMILES string of the molecule is CC(=O)c1ccc(-c2cc(Nc3nc(N[C@@H]4CCCC[C@@H]4N)nnc3C(N)=O)c[n+]([O-])c2)s1. The van der Waals surface area contributed by atoms with Crippen LogP contribution in [0.4, 0.5) is 17.5 Å². The minimum absolute atomic E-state index is 0.00532. The van der Waals surface area contributed by atoms with Gasteiger partial charge in [0.15, 0.2) is 23.5 Å². The van der Waals surface area contributed by atoms with Gasteiger partial charge in [0, 0.05) is 17.0 Å². The maximum atomic E-state index is 12.2. The van der Waals surface area contributed by atoms with Gasteiger partial charge in [0.2, 0.25) is 12.1 Å². The zero-order valence-electron chi connectivity index (χ0n) is 17.9. The van der Waals surface area contributed by atoms with Crippen molar-refractivity contribution in [1.82, 2.24) is 15.2 Å². The number of hydrogen-bond donors (Lipinski definition) is 4. The van der Waals surface area contributed by atoms with Gasteiger partial charge in [-0.2, -0.15) is 9.71 Å². The largest absolute Gasteiger partial charge is 0.619 e. The summed E-state index contributed by atoms with van der Waals surface area (Å²) in [5.41, 5.74) is 12.4. The van der Waals surface area contributed by atoms with E-state index in [-0.39, 0.29) is 35.3 Å². The first-order valence-corrected chi connectivity index (χ1v) is 11.3. The van der Waals surface area contributed by atoms with Gasteiger partial charge in [-0.25, -0.2) is 0 Å². The summed E-state index contributed by atoms with van der Waals surface area (Å²) in [7, 11) is 0. The van der Waals surface area contributed by atoms with Gasteiger partial charge in [0.25, 0.3) is 5.91 Å². The summed E-state index contributed by atoms with van der Waals surface area (Å²) >= 11 is 1.28. The fourth-order valence-corrected chi connectivity index (χ4v) is 4.60. The molecule has 1 aliphatic rings. The maximum Gasteiger partial charge on any atom is 0.273 e. The molecule has 12 heteroatoms. The highest BCUT2D eigenvalue weighted by atomic mass is 32.1. The van der Waals surface area contributed by atoms with Gasteiger partial charge in [-0.1, -0.05) is 12.8 Å². The number of pyridine rings is 1. The molecule has 1 amide bonds. The second kappa shape index (κ2) is 9.46. The number of nitrogens with zero attached hydrogens (tertiary/aromatic N) is 4. The first-order valence-electron chi connectivity index (χ1n) is 10.5. The highest BCUT2D eigenvalue weighted by Crippen LogP contribution is 2.30. The molecule has 0 bridgehead atoms. The van der Waals surface area contributed by atoms with Crippen molar-refractivity contribution >= 4 is 40.5 Å². The van der Waals surface area contributed by atoms with Gasteiger partial charge in [-0.3, -0.25) is 9.59 Å². The van der Waals surface area contributed by atoms with Crippen LogP contribution in [0.25, 0.3) is 10.4 Å². The Hall–Kier alpha value is -3.64. The number of ketones is 1. The number of anilines is 3. The molecule has 0 aliphatic heterocycles. The summed E-state index contributed by atoms with van der Waals surface area (Å²) in [5, 5.41) is 26.3. The average molecular weight is 469 g/mol. The van der Waals surface area contributed by atoms with Crippen molar-refractivity contribution in [3.8, 4) is 10.4 Å². The number of nitrogens with two attached hydrogens (primary N) is 2. The van der Waals surface area contributed by atoms with Crippen LogP contribution in [-0.4, -0.2) is 39.0 Å². The molecular weight excluding hydrogens is 444 g/mol. The van der Waals surface area contributed by atoms with Gasteiger partial charge in [-0.15, -0.1) is 21.5 Å². The Morgan fingerprint density at radius 3 is 2.70 bits per heavy atom. The molecule has 3 aromatic rings. The molecule has 4 rings (SSSR count). The van der Waals surface area contributed by atoms with Crippen LogP contribution in [0.5, 0.6) is 0 Å². The Morgan fingerprint density at radius 2 is 2.00 bits per heavy atom. The fraction of sp³-hybridized carbons (Fsp3) is 0.333. The first-order chi connectivity index (χ1) is 15.8. The molecule has 0 aromatic carbocycles. The second-order valence-electron chi connectivity index (χ2n) is 7.91. The number of carbonyl (C=O) groups is 2. The third kappa shape index (κ3) is 5.23. The lowest BCUT2D eigenvalue weighted by Crippen LogP contribution is -2.43. The second-order valence-corrected chi connectivity index (χ2v) is 9.00. The van der Waals surface area contributed by atoms with Crippen LogP contribution in [-0.2, 0) is 0 Å². The lowest BCUT2D eigenvalue weighted by molar-refractivity contribution is -0.604. The lowest BCUT2D eigenvalue weighted by atomic mass is 9.91. The molecule has 1 fully saturated rings. The van der Waals surface area contributed by atoms with Crippen molar-refractivity contribution in [3.05, 3.63) is 46.4 Å². The van der Waals surface area contributed by atoms with Crippen molar-refractivity contribution in [2.24, 2.45) is 11.5 Å². The number of amides is 1. The van der Waals surface area contributed by atoms with E-state index in [1.165, 1.54) is 30.7 Å². The van der Waals surface area contributed by atoms with Crippen LogP contribution in [0, 0.1) is 5.21 Å². The van der Waals surface area contributed by atoms with E-state index in [0.717, 1.165) is 30.6 Å². The molecular formula is C21H24N8O3S. The van der Waals surface area contributed by atoms with Gasteiger partial charge < -0.3 is 27.3 Å². The predicted octanol–water partition coefficient (Wildman–Crippen LogP) is 1.96. The van der Waals surface area contributed by atoms with Crippen LogP contribution in [0.1, 0.15) is 52.8 Å². The minimum atomic E-state index is -0.811. The predicted molar refractivity (Wildman–Crippen MR) is 124 cm³/mol. The number of carbonyl (C=O) groups excluding carboxylic acids is 2. The average Bonchev–Trinajstić information content (AvgIpc) is 3.26. The standard InChI is InChI=1S/C21H24N8O3S/c1-11(30)16-6-7-17(33-16)12-8-13(10-29(32)9-12)24-20-18(19(23)31)27-28-21(26-20)25-15-5-3-2-4-14(15)22/h6-10,14-15H,2-5,22H2,1H3,(H2,23,31)(H2,24,25,26,28)/t14-,15+/m0/s1. The van der Waals surface area contributed by atoms with Gasteiger partial charge in [0.1, 0.15) is 5.69 Å². The minimum Gasteiger partial charge on any atom is -0.619 e. The van der Waals surface area contributed by atoms with Crippen LogP contribution in [0.2, 0.25) is 0 Å². The molecule has 172 valence electrons. The summed E-state index contributed by atoms with van der Waals surface area (Å²) in [4.78, 5) is 29.2. The molecule has 6 N–H and O–H groups in total. The summed E-state index contributed by atoms with van der Waals surface area (Å²) < 4.78 is 0.629. The maximum absolute atomic E-state index is 12.2. The smallest absolute Gasteiger partial charge is 0.273 e. The molecule has 0 unspecified atom stereocenters. The van der Waals surface area contributed by atoms with E-state index in [1.807, 2.05) is 0 Å². The Bertz CT molecular complexity index is 1200. The van der Waals surface area contributed by atoms with Crippen molar-refractivity contribution in [1.29, 1.82) is 0 Å². The van der Waals surface area contributed by atoms with E-state index in [0.29, 0.717) is 20.9 Å². The fourth-order valence-electron chi connectivity index (χ4n) is 3.72. The first kappa shape index (κ1) is 22.6. The summed E-state index contributed by atoms with van der Waals surface area (Å²) in [6.07, 6.45) is 6.60. The normalized spacial score (nSPS) is 18.0. The van der Waals surface area contributed by atoms with Gasteiger partial charge in [-0.05, 0) is 38.0 Å². The molecule has 2 atom stereocenters. The number of rotatable bonds is 7. The molecule has 33 heavy (non-hydrogen) atoms. The van der Waals surface area contributed by atoms with Crippen LogP contribution in [0.15, 0.2) is 30.6 Å². The quantitative estimate of drug-likeness (QED) is 0.229. The number of thiophene rings is 1. The highest BCUT2D eigenvalue weighted by Gasteiger charge is 2.24. The Balaban J connectivity index is 1.63. The zero-order valence-corrected chi connectivity index (χ0v) is 18.8. The van der Waals surface area contributed by atoms with Crippen molar-refractivity contribution in [2.75, 3.05) is 10.6 Å². The molecule has 0 spiro atoms. The number of nitrogens with one attached hydrogen (secondary N) is 2. The monoisotopic (exact) mass is 468 g/mol.